The van der Waals surface area contributed by atoms with Gasteiger partial charge in [-0.05, 0) is 43.7 Å². The maximum Gasteiger partial charge on any atom is 0.355 e. The van der Waals surface area contributed by atoms with E-state index in [4.69, 9.17) is 9.47 Å². The lowest BCUT2D eigenvalue weighted by Crippen LogP contribution is -2.25. The number of halogens is 3. The summed E-state index contributed by atoms with van der Waals surface area (Å²) in [5, 5.41) is 3.70. The van der Waals surface area contributed by atoms with Crippen LogP contribution in [0.25, 0.3) is 5.69 Å². The molecule has 3 aromatic rings. The van der Waals surface area contributed by atoms with E-state index in [-0.39, 0.29) is 28.4 Å². The highest BCUT2D eigenvalue weighted by Crippen LogP contribution is 2.22. The van der Waals surface area contributed by atoms with Crippen LogP contribution < -0.4 is 15.2 Å². The quantitative estimate of drug-likeness (QED) is 0.488. The molecule has 8 nitrogen and oxygen atoms in total. The summed E-state index contributed by atoms with van der Waals surface area (Å²) in [6.07, 6.45) is -0.793. The summed E-state index contributed by atoms with van der Waals surface area (Å²) in [6.45, 7) is -0.251. The number of methoxy groups -OCH3 is 1. The van der Waals surface area contributed by atoms with Gasteiger partial charge in [-0.2, -0.15) is 13.5 Å². The molecular weight excluding hydrogens is 431 g/mol. The summed E-state index contributed by atoms with van der Waals surface area (Å²) in [4.78, 5) is 23.6. The largest absolute Gasteiger partial charge is 0.489 e. The van der Waals surface area contributed by atoms with Crippen LogP contribution in [0.1, 0.15) is 24.9 Å². The zero-order chi connectivity index (χ0) is 23.4. The molecule has 1 atom stereocenters. The number of carbonyl (C=O) groups excluding carboxylic acids is 1. The van der Waals surface area contributed by atoms with Crippen molar-refractivity contribution in [1.29, 1.82) is 0 Å². The molecule has 1 unspecified atom stereocenters. The van der Waals surface area contributed by atoms with Gasteiger partial charge in [0.05, 0.1) is 7.11 Å². The molecule has 0 amide bonds. The van der Waals surface area contributed by atoms with Gasteiger partial charge < -0.3 is 14.2 Å². The van der Waals surface area contributed by atoms with Gasteiger partial charge in [-0.1, -0.05) is 12.1 Å². The Balaban J connectivity index is 1.72. The number of aromatic nitrogens is 3. The minimum Gasteiger partial charge on any atom is -0.489 e. The normalized spacial score (nSPS) is 12.0. The van der Waals surface area contributed by atoms with Crippen molar-refractivity contribution in [3.05, 3.63) is 70.2 Å². The molecule has 0 aliphatic rings. The highest BCUT2D eigenvalue weighted by molar-refractivity contribution is 5.74. The summed E-state index contributed by atoms with van der Waals surface area (Å²) in [7, 11) is 1.26. The molecule has 170 valence electrons. The molecule has 0 radical (unpaired) electrons. The molecule has 0 fully saturated rings. The van der Waals surface area contributed by atoms with Gasteiger partial charge in [0.15, 0.2) is 11.9 Å². The van der Waals surface area contributed by atoms with Crippen molar-refractivity contribution in [2.24, 2.45) is 0 Å². The SMILES string of the molecule is COC(=O)C(C)Oc1cccc(COc2ccc(-n3nc(C)n(C(F)F)c3=O)c(F)c2)c1. The minimum absolute atomic E-state index is 0.0572. The average molecular weight is 451 g/mol. The van der Waals surface area contributed by atoms with Crippen LogP contribution in [0.15, 0.2) is 47.3 Å². The van der Waals surface area contributed by atoms with Crippen LogP contribution in [0.5, 0.6) is 11.5 Å². The van der Waals surface area contributed by atoms with E-state index < -0.39 is 30.1 Å². The molecule has 0 saturated carbocycles. The second kappa shape index (κ2) is 9.58. The number of carbonyl (C=O) groups is 1. The van der Waals surface area contributed by atoms with Gasteiger partial charge in [-0.25, -0.2) is 18.5 Å². The minimum atomic E-state index is -3.09. The predicted molar refractivity (Wildman–Crippen MR) is 107 cm³/mol. The van der Waals surface area contributed by atoms with Crippen LogP contribution >= 0.6 is 0 Å². The Morgan fingerprint density at radius 2 is 1.91 bits per heavy atom. The molecule has 0 N–H and O–H groups in total. The number of hydrogen-bond donors (Lipinski definition) is 0. The first-order chi connectivity index (χ1) is 15.2. The van der Waals surface area contributed by atoms with Crippen LogP contribution in [-0.2, 0) is 16.1 Å². The summed E-state index contributed by atoms with van der Waals surface area (Å²) < 4.78 is 56.9. The van der Waals surface area contributed by atoms with E-state index in [1.807, 2.05) is 0 Å². The third-order valence-electron chi connectivity index (χ3n) is 4.47. The van der Waals surface area contributed by atoms with Gasteiger partial charge in [0.25, 0.3) is 0 Å². The van der Waals surface area contributed by atoms with Gasteiger partial charge in [-0.3, -0.25) is 0 Å². The lowest BCUT2D eigenvalue weighted by atomic mass is 10.2. The van der Waals surface area contributed by atoms with Crippen molar-refractivity contribution in [2.75, 3.05) is 7.11 Å². The molecule has 0 saturated heterocycles. The number of benzene rings is 2. The fourth-order valence-electron chi connectivity index (χ4n) is 2.90. The van der Waals surface area contributed by atoms with Gasteiger partial charge in [-0.15, -0.1) is 5.10 Å². The molecule has 0 aliphatic heterocycles. The van der Waals surface area contributed by atoms with E-state index >= 15 is 0 Å². The highest BCUT2D eigenvalue weighted by atomic mass is 19.3. The van der Waals surface area contributed by atoms with E-state index in [1.165, 1.54) is 26.2 Å². The zero-order valence-electron chi connectivity index (χ0n) is 17.4. The van der Waals surface area contributed by atoms with E-state index in [0.29, 0.717) is 16.0 Å². The van der Waals surface area contributed by atoms with Crippen LogP contribution in [0.4, 0.5) is 13.2 Å². The number of nitrogens with zero attached hydrogens (tertiary/aromatic N) is 3. The maximum atomic E-state index is 14.6. The Morgan fingerprint density at radius 3 is 2.53 bits per heavy atom. The Kier molecular flexibility index (Phi) is 6.86. The van der Waals surface area contributed by atoms with Crippen LogP contribution in [0.3, 0.4) is 0 Å². The molecule has 0 aliphatic carbocycles. The average Bonchev–Trinajstić information content (AvgIpc) is 3.05. The monoisotopic (exact) mass is 451 g/mol. The third-order valence-corrected chi connectivity index (χ3v) is 4.47. The van der Waals surface area contributed by atoms with Crippen LogP contribution in [0, 0.1) is 12.7 Å². The van der Waals surface area contributed by atoms with Gasteiger partial charge in [0.2, 0.25) is 0 Å². The third kappa shape index (κ3) is 4.93. The van der Waals surface area contributed by atoms with E-state index in [9.17, 15) is 22.8 Å². The predicted octanol–water partition coefficient (Wildman–Crippen LogP) is 3.40. The molecule has 1 aromatic heterocycles. The van der Waals surface area contributed by atoms with Crippen LogP contribution in [-0.4, -0.2) is 33.5 Å². The Morgan fingerprint density at radius 1 is 1.16 bits per heavy atom. The molecule has 1 heterocycles. The van der Waals surface area contributed by atoms with E-state index in [1.54, 1.807) is 31.2 Å². The zero-order valence-corrected chi connectivity index (χ0v) is 17.4. The molecule has 3 rings (SSSR count). The first kappa shape index (κ1) is 22.9. The molecular formula is C21H20F3N3O5. The molecule has 0 spiro atoms. The van der Waals surface area contributed by atoms with Crippen molar-refractivity contribution < 1.29 is 32.2 Å². The fraction of sp³-hybridized carbons (Fsp3) is 0.286. The molecule has 32 heavy (non-hydrogen) atoms. The molecule has 11 heteroatoms. The van der Waals surface area contributed by atoms with Crippen molar-refractivity contribution in [1.82, 2.24) is 14.3 Å². The number of rotatable bonds is 8. The number of hydrogen-bond acceptors (Lipinski definition) is 6. The van der Waals surface area contributed by atoms with E-state index in [2.05, 4.69) is 9.84 Å². The summed E-state index contributed by atoms with van der Waals surface area (Å²) >= 11 is 0. The Hall–Kier alpha value is -3.76. The Bertz CT molecular complexity index is 1180. The summed E-state index contributed by atoms with van der Waals surface area (Å²) in [5.41, 5.74) is -0.744. The van der Waals surface area contributed by atoms with Crippen molar-refractivity contribution in [3.63, 3.8) is 0 Å². The first-order valence-electron chi connectivity index (χ1n) is 9.43. The van der Waals surface area contributed by atoms with E-state index in [0.717, 1.165) is 6.07 Å². The standard InChI is InChI=1S/C21H20F3N3O5/c1-12(19(28)30-3)32-16-6-4-5-14(9-16)11-31-15-7-8-18(17(22)10-15)27-21(29)26(20(23)24)13(2)25-27/h4-10,12,20H,11H2,1-3H3. The van der Waals surface area contributed by atoms with Crippen molar-refractivity contribution in [3.8, 4) is 17.2 Å². The highest BCUT2D eigenvalue weighted by Gasteiger charge is 2.20. The summed E-state index contributed by atoms with van der Waals surface area (Å²) in [5.74, 6) is -1.05. The summed E-state index contributed by atoms with van der Waals surface area (Å²) in [6, 6.07) is 10.4. The smallest absolute Gasteiger partial charge is 0.355 e. The van der Waals surface area contributed by atoms with Crippen molar-refractivity contribution >= 4 is 5.97 Å². The first-order valence-corrected chi connectivity index (χ1v) is 9.43. The number of ether oxygens (including phenoxy) is 3. The fourth-order valence-corrected chi connectivity index (χ4v) is 2.90. The number of aryl methyl sites for hydroxylation is 1. The van der Waals surface area contributed by atoms with Gasteiger partial charge in [0.1, 0.15) is 29.6 Å². The van der Waals surface area contributed by atoms with Gasteiger partial charge >= 0.3 is 18.2 Å². The maximum absolute atomic E-state index is 14.6. The second-order valence-electron chi connectivity index (χ2n) is 6.72. The lowest BCUT2D eigenvalue weighted by Gasteiger charge is -2.13. The van der Waals surface area contributed by atoms with Crippen LogP contribution in [0.2, 0.25) is 0 Å². The van der Waals surface area contributed by atoms with Gasteiger partial charge in [0, 0.05) is 6.07 Å². The number of alkyl halides is 2. The molecule has 0 bridgehead atoms. The number of esters is 1. The second-order valence-corrected chi connectivity index (χ2v) is 6.72. The Labute approximate surface area is 180 Å². The lowest BCUT2D eigenvalue weighted by molar-refractivity contribution is -0.147. The topological polar surface area (TPSA) is 84.6 Å². The van der Waals surface area contributed by atoms with Crippen molar-refractivity contribution in [2.45, 2.75) is 33.1 Å². The molecule has 2 aromatic carbocycles.